The van der Waals surface area contributed by atoms with E-state index in [4.69, 9.17) is 4.74 Å². The number of nitrogens with zero attached hydrogens (tertiary/aromatic N) is 4. The molecule has 0 saturated heterocycles. The number of aryl methyl sites for hydroxylation is 1. The molecule has 4 rings (SSSR count). The van der Waals surface area contributed by atoms with Gasteiger partial charge in [0.2, 0.25) is 0 Å². The summed E-state index contributed by atoms with van der Waals surface area (Å²) in [4.78, 5) is 12.5. The number of methoxy groups -OCH3 is 1. The number of phenolic OH excluding ortho intramolecular Hbond substituents is 1. The number of thioether (sulfide) groups is 1. The van der Waals surface area contributed by atoms with E-state index >= 15 is 0 Å². The molecule has 0 radical (unpaired) electrons. The van der Waals surface area contributed by atoms with Gasteiger partial charge in [-0.1, -0.05) is 59.8 Å². The lowest BCUT2D eigenvalue weighted by Gasteiger charge is -2.10. The minimum atomic E-state index is -0.278. The van der Waals surface area contributed by atoms with E-state index < -0.39 is 0 Å². The number of benzene rings is 3. The third-order valence-corrected chi connectivity index (χ3v) is 6.16. The van der Waals surface area contributed by atoms with Gasteiger partial charge >= 0.3 is 0 Å². The van der Waals surface area contributed by atoms with Crippen LogP contribution >= 0.6 is 11.8 Å². The van der Waals surface area contributed by atoms with Crippen molar-refractivity contribution in [2.24, 2.45) is 5.10 Å². The number of carbonyl (C=O) groups excluding carboxylic acids is 1. The van der Waals surface area contributed by atoms with E-state index in [1.165, 1.54) is 24.9 Å². The maximum Gasteiger partial charge on any atom is 0.250 e. The number of hydrogen-bond donors (Lipinski definition) is 2. The van der Waals surface area contributed by atoms with Crippen LogP contribution in [0.1, 0.15) is 18.1 Å². The highest BCUT2D eigenvalue weighted by Crippen LogP contribution is 2.28. The molecule has 0 bridgehead atoms. The number of hydrogen-bond acceptors (Lipinski definition) is 7. The molecule has 1 aromatic heterocycles. The van der Waals surface area contributed by atoms with Crippen LogP contribution in [0.2, 0.25) is 0 Å². The lowest BCUT2D eigenvalue weighted by Crippen LogP contribution is -2.21. The van der Waals surface area contributed by atoms with Crippen molar-refractivity contribution in [2.45, 2.75) is 19.0 Å². The van der Waals surface area contributed by atoms with Gasteiger partial charge in [-0.25, -0.2) is 5.43 Å². The average molecular weight is 488 g/mol. The predicted octanol–water partition coefficient (Wildman–Crippen LogP) is 4.59. The summed E-state index contributed by atoms with van der Waals surface area (Å²) >= 11 is 1.28. The van der Waals surface area contributed by atoms with E-state index in [9.17, 15) is 9.90 Å². The number of ether oxygens (including phenoxy) is 1. The summed E-state index contributed by atoms with van der Waals surface area (Å²) in [5.74, 6) is 0.906. The molecule has 4 aromatic rings. The first-order valence-electron chi connectivity index (χ1n) is 10.9. The number of aromatic nitrogens is 3. The zero-order valence-corrected chi connectivity index (χ0v) is 20.4. The number of phenols is 1. The Morgan fingerprint density at radius 2 is 1.83 bits per heavy atom. The minimum absolute atomic E-state index is 0.0389. The van der Waals surface area contributed by atoms with Crippen LogP contribution in [0.4, 0.5) is 0 Å². The number of nitrogens with one attached hydrogen (secondary N) is 1. The van der Waals surface area contributed by atoms with Gasteiger partial charge in [0, 0.05) is 16.8 Å². The number of carbonyl (C=O) groups is 1. The molecule has 0 aliphatic carbocycles. The Morgan fingerprint density at radius 1 is 1.09 bits per heavy atom. The van der Waals surface area contributed by atoms with E-state index in [-0.39, 0.29) is 17.4 Å². The molecule has 0 aliphatic rings. The van der Waals surface area contributed by atoms with Crippen LogP contribution in [-0.4, -0.2) is 44.4 Å². The molecule has 9 heteroatoms. The fourth-order valence-electron chi connectivity index (χ4n) is 3.34. The monoisotopic (exact) mass is 487 g/mol. The summed E-state index contributed by atoms with van der Waals surface area (Å²) < 4.78 is 7.07. The van der Waals surface area contributed by atoms with Crippen molar-refractivity contribution < 1.29 is 14.6 Å². The van der Waals surface area contributed by atoms with Crippen LogP contribution in [0.25, 0.3) is 17.1 Å². The van der Waals surface area contributed by atoms with Crippen LogP contribution in [-0.2, 0) is 4.79 Å². The molecular weight excluding hydrogens is 462 g/mol. The third-order valence-electron chi connectivity index (χ3n) is 5.24. The standard InChI is InChI=1S/C26H25N5O3S/c1-17-9-11-19(12-10-17)25-29-30-26(31(25)21-7-5-4-6-8-21)35-16-24(33)28-27-18(2)20-13-14-22(32)23(15-20)34-3/h4-15,32H,16H2,1-3H3,(H,28,33)/b27-18+. The first kappa shape index (κ1) is 24.0. The normalized spacial score (nSPS) is 11.3. The van der Waals surface area contributed by atoms with Crippen molar-refractivity contribution in [1.29, 1.82) is 0 Å². The lowest BCUT2D eigenvalue weighted by molar-refractivity contribution is -0.118. The van der Waals surface area contributed by atoms with Crippen molar-refractivity contribution in [3.63, 3.8) is 0 Å². The van der Waals surface area contributed by atoms with Crippen molar-refractivity contribution in [3.8, 4) is 28.6 Å². The highest BCUT2D eigenvalue weighted by molar-refractivity contribution is 7.99. The van der Waals surface area contributed by atoms with Crippen molar-refractivity contribution in [1.82, 2.24) is 20.2 Å². The number of aromatic hydroxyl groups is 1. The molecule has 0 fully saturated rings. The summed E-state index contributed by atoms with van der Waals surface area (Å²) in [6, 6.07) is 22.8. The van der Waals surface area contributed by atoms with Gasteiger partial charge < -0.3 is 9.84 Å². The second-order valence-corrected chi connectivity index (χ2v) is 8.69. The summed E-state index contributed by atoms with van der Waals surface area (Å²) in [6.07, 6.45) is 0. The molecule has 0 saturated carbocycles. The minimum Gasteiger partial charge on any atom is -0.504 e. The Bertz CT molecular complexity index is 1350. The smallest absolute Gasteiger partial charge is 0.250 e. The lowest BCUT2D eigenvalue weighted by atomic mass is 10.1. The molecule has 0 atom stereocenters. The molecule has 0 aliphatic heterocycles. The van der Waals surface area contributed by atoms with Crippen molar-refractivity contribution in [3.05, 3.63) is 83.9 Å². The van der Waals surface area contributed by atoms with Crippen LogP contribution in [0.5, 0.6) is 11.5 Å². The Labute approximate surface area is 207 Å². The molecule has 35 heavy (non-hydrogen) atoms. The highest BCUT2D eigenvalue weighted by Gasteiger charge is 2.17. The van der Waals surface area contributed by atoms with Crippen LogP contribution in [0.15, 0.2) is 83.1 Å². The Balaban J connectivity index is 1.50. The number of hydrazone groups is 1. The summed E-state index contributed by atoms with van der Waals surface area (Å²) in [7, 11) is 1.47. The molecule has 3 aromatic carbocycles. The number of rotatable bonds is 8. The van der Waals surface area contributed by atoms with E-state index in [1.54, 1.807) is 19.1 Å². The van der Waals surface area contributed by atoms with Gasteiger partial charge in [-0.2, -0.15) is 5.10 Å². The van der Waals surface area contributed by atoms with Gasteiger partial charge in [-0.15, -0.1) is 10.2 Å². The van der Waals surface area contributed by atoms with Gasteiger partial charge in [0.15, 0.2) is 22.5 Å². The average Bonchev–Trinajstić information content (AvgIpc) is 3.31. The molecule has 0 unspecified atom stereocenters. The molecule has 178 valence electrons. The van der Waals surface area contributed by atoms with Gasteiger partial charge in [0.25, 0.3) is 5.91 Å². The summed E-state index contributed by atoms with van der Waals surface area (Å²) in [6.45, 7) is 3.80. The first-order valence-corrected chi connectivity index (χ1v) is 11.9. The van der Waals surface area contributed by atoms with Crippen LogP contribution < -0.4 is 10.2 Å². The summed E-state index contributed by atoms with van der Waals surface area (Å²) in [5, 5.41) is 23.3. The van der Waals surface area contributed by atoms with Crippen molar-refractivity contribution in [2.75, 3.05) is 12.9 Å². The maximum atomic E-state index is 12.5. The van der Waals surface area contributed by atoms with E-state index in [0.717, 1.165) is 22.4 Å². The van der Waals surface area contributed by atoms with Gasteiger partial charge in [-0.05, 0) is 44.2 Å². The van der Waals surface area contributed by atoms with Crippen LogP contribution in [0, 0.1) is 6.92 Å². The van der Waals surface area contributed by atoms with E-state index in [1.807, 2.05) is 66.1 Å². The first-order chi connectivity index (χ1) is 17.0. The second-order valence-electron chi connectivity index (χ2n) is 7.75. The predicted molar refractivity (Wildman–Crippen MR) is 137 cm³/mol. The fourth-order valence-corrected chi connectivity index (χ4v) is 4.08. The maximum absolute atomic E-state index is 12.5. The van der Waals surface area contributed by atoms with Gasteiger partial charge in [-0.3, -0.25) is 9.36 Å². The molecular formula is C26H25N5O3S. The molecule has 1 amide bonds. The number of para-hydroxylation sites is 1. The van der Waals surface area contributed by atoms with E-state index in [0.29, 0.717) is 22.4 Å². The fraction of sp³-hybridized carbons (Fsp3) is 0.154. The topological polar surface area (TPSA) is 102 Å². The summed E-state index contributed by atoms with van der Waals surface area (Å²) in [5.41, 5.74) is 6.88. The molecule has 2 N–H and O–H groups in total. The quantitative estimate of drug-likeness (QED) is 0.214. The number of amides is 1. The zero-order chi connectivity index (χ0) is 24.8. The SMILES string of the molecule is COc1cc(/C(C)=N/NC(=O)CSc2nnc(-c3ccc(C)cc3)n2-c2ccccc2)ccc1O. The Kier molecular flexibility index (Phi) is 7.47. The highest BCUT2D eigenvalue weighted by atomic mass is 32.2. The van der Waals surface area contributed by atoms with E-state index in [2.05, 4.69) is 20.7 Å². The van der Waals surface area contributed by atoms with Gasteiger partial charge in [0.1, 0.15) is 0 Å². The Morgan fingerprint density at radius 3 is 2.54 bits per heavy atom. The second kappa shape index (κ2) is 10.9. The molecule has 8 nitrogen and oxygen atoms in total. The molecule has 0 spiro atoms. The van der Waals surface area contributed by atoms with Gasteiger partial charge in [0.05, 0.1) is 18.6 Å². The molecule has 1 heterocycles. The Hall–Kier alpha value is -4.11. The van der Waals surface area contributed by atoms with Crippen molar-refractivity contribution >= 4 is 23.4 Å². The zero-order valence-electron chi connectivity index (χ0n) is 19.6. The largest absolute Gasteiger partial charge is 0.504 e. The third kappa shape index (κ3) is 5.70. The van der Waals surface area contributed by atoms with Crippen LogP contribution in [0.3, 0.4) is 0 Å².